The molecule has 2 aromatic heterocycles. The van der Waals surface area contributed by atoms with Crippen molar-refractivity contribution in [3.05, 3.63) is 35.4 Å². The van der Waals surface area contributed by atoms with E-state index in [1.54, 1.807) is 13.0 Å². The zero-order chi connectivity index (χ0) is 27.4. The quantitative estimate of drug-likeness (QED) is 0.229. The van der Waals surface area contributed by atoms with E-state index in [0.717, 1.165) is 37.7 Å². The number of benzene rings is 1. The molecule has 210 valence electrons. The first kappa shape index (κ1) is 24.5. The Morgan fingerprint density at radius 1 is 1.05 bits per heavy atom. The van der Waals surface area contributed by atoms with Crippen molar-refractivity contribution in [1.82, 2.24) is 0 Å². The van der Waals surface area contributed by atoms with Gasteiger partial charge in [-0.2, -0.15) is 0 Å². The first-order valence-corrected chi connectivity index (χ1v) is 14.4. The van der Waals surface area contributed by atoms with Crippen molar-refractivity contribution in [2.75, 3.05) is 0 Å². The van der Waals surface area contributed by atoms with Gasteiger partial charge in [-0.05, 0) is 87.0 Å². The van der Waals surface area contributed by atoms with Crippen molar-refractivity contribution in [2.24, 2.45) is 41.4 Å². The summed E-state index contributed by atoms with van der Waals surface area (Å²) in [7, 11) is 0. The minimum absolute atomic E-state index is 0.0320. The van der Waals surface area contributed by atoms with Crippen LogP contribution in [0.25, 0.3) is 11.2 Å². The van der Waals surface area contributed by atoms with Gasteiger partial charge < -0.3 is 28.5 Å². The normalized spacial score (nSPS) is 38.0. The van der Waals surface area contributed by atoms with E-state index < -0.39 is 6.29 Å². The zero-order valence-electron chi connectivity index (χ0n) is 22.3. The Morgan fingerprint density at radius 2 is 1.88 bits per heavy atom. The fourth-order valence-corrected chi connectivity index (χ4v) is 8.91. The summed E-state index contributed by atoms with van der Waals surface area (Å²) >= 11 is 0. The van der Waals surface area contributed by atoms with Gasteiger partial charge in [-0.3, -0.25) is 9.59 Å². The van der Waals surface area contributed by atoms with Crippen LogP contribution in [-0.2, 0) is 23.9 Å². The summed E-state index contributed by atoms with van der Waals surface area (Å²) in [6.45, 7) is 5.37. The first-order valence-electron chi connectivity index (χ1n) is 14.4. The predicted octanol–water partition coefficient (Wildman–Crippen LogP) is 4.60. The summed E-state index contributed by atoms with van der Waals surface area (Å²) < 4.78 is 28.3. The Balaban J connectivity index is 0.849. The summed E-state index contributed by atoms with van der Waals surface area (Å²) in [6.07, 6.45) is 6.34. The average molecular weight is 549 g/mol. The Kier molecular flexibility index (Phi) is 5.25. The summed E-state index contributed by atoms with van der Waals surface area (Å²) in [5, 5.41) is 9.92. The number of aliphatic hydroxyl groups excluding tert-OH is 1. The monoisotopic (exact) mass is 548 g/mol. The summed E-state index contributed by atoms with van der Waals surface area (Å²) in [6, 6.07) is 1.64. The Bertz CT molecular complexity index is 1470. The molecule has 8 rings (SSSR count). The molecule has 0 aromatic carbocycles. The van der Waals surface area contributed by atoms with Crippen LogP contribution >= 0.6 is 0 Å². The van der Waals surface area contributed by atoms with Gasteiger partial charge in [-0.25, -0.2) is 4.79 Å². The standard InChI is InChI=1S/C31H32O9/c1-12(2)29(33)38-23-7-16-6-21(23)20-10-17(9-18(16)20)36-25(32)8-14-4-15-3-13(14)5-19(15)30(34)39-27-24-11-22-26(37-24)28(27)40-31(22)35/h4,11,13,15-21,23,31,35H,1,3,5-10H2,2H3. The molecule has 6 aliphatic rings. The van der Waals surface area contributed by atoms with Gasteiger partial charge in [-0.15, -0.1) is 0 Å². The van der Waals surface area contributed by atoms with Crippen molar-refractivity contribution in [1.29, 1.82) is 0 Å². The van der Waals surface area contributed by atoms with E-state index in [9.17, 15) is 19.5 Å². The number of furan rings is 2. The van der Waals surface area contributed by atoms with Crippen LogP contribution in [-0.4, -0.2) is 35.2 Å². The second kappa shape index (κ2) is 8.59. The maximum absolute atomic E-state index is 13.0. The molecule has 2 aromatic rings. The molecule has 0 radical (unpaired) electrons. The lowest BCUT2D eigenvalue weighted by Gasteiger charge is -2.30. The summed E-state index contributed by atoms with van der Waals surface area (Å²) in [4.78, 5) is 38.0. The highest BCUT2D eigenvalue weighted by atomic mass is 16.6. The van der Waals surface area contributed by atoms with E-state index in [-0.39, 0.29) is 60.0 Å². The molecule has 10 unspecified atom stereocenters. The molecule has 0 amide bonds. The van der Waals surface area contributed by atoms with Crippen LogP contribution in [0.1, 0.15) is 63.7 Å². The second-order valence-electron chi connectivity index (χ2n) is 12.8. The molecule has 4 fully saturated rings. The molecule has 5 aliphatic carbocycles. The number of carbonyl (C=O) groups is 3. The van der Waals surface area contributed by atoms with Gasteiger partial charge in [0.25, 0.3) is 0 Å². The Morgan fingerprint density at radius 3 is 2.65 bits per heavy atom. The number of ether oxygens (including phenoxy) is 4. The van der Waals surface area contributed by atoms with Crippen LogP contribution in [0.5, 0.6) is 11.5 Å². The number of aliphatic hydroxyl groups is 1. The van der Waals surface area contributed by atoms with Crippen LogP contribution < -0.4 is 9.47 Å². The van der Waals surface area contributed by atoms with Crippen molar-refractivity contribution in [2.45, 2.75) is 70.4 Å². The van der Waals surface area contributed by atoms with Gasteiger partial charge in [0.05, 0.1) is 17.9 Å². The highest BCUT2D eigenvalue weighted by Gasteiger charge is 2.58. The molecule has 9 nitrogen and oxygen atoms in total. The number of allylic oxidation sites excluding steroid dienone is 1. The number of carbonyl (C=O) groups excluding carboxylic acids is 3. The molecule has 1 aliphatic heterocycles. The highest BCUT2D eigenvalue weighted by molar-refractivity contribution is 5.90. The highest BCUT2D eigenvalue weighted by Crippen LogP contribution is 2.60. The van der Waals surface area contributed by atoms with Crippen molar-refractivity contribution < 1.29 is 42.9 Å². The minimum atomic E-state index is -1.09. The third kappa shape index (κ3) is 3.59. The van der Waals surface area contributed by atoms with Gasteiger partial charge in [-0.1, -0.05) is 18.2 Å². The van der Waals surface area contributed by atoms with Crippen molar-refractivity contribution in [3.63, 3.8) is 0 Å². The zero-order valence-corrected chi connectivity index (χ0v) is 22.3. The van der Waals surface area contributed by atoms with Crippen molar-refractivity contribution in [3.8, 4) is 11.5 Å². The summed E-state index contributed by atoms with van der Waals surface area (Å²) in [5.74, 6) is 1.50. The molecule has 40 heavy (non-hydrogen) atoms. The number of hydrogen-bond acceptors (Lipinski definition) is 9. The van der Waals surface area contributed by atoms with E-state index in [1.165, 1.54) is 0 Å². The molecule has 6 bridgehead atoms. The van der Waals surface area contributed by atoms with Crippen LogP contribution in [0.2, 0.25) is 0 Å². The fourth-order valence-electron chi connectivity index (χ4n) is 8.91. The number of esters is 3. The summed E-state index contributed by atoms with van der Waals surface area (Å²) in [5.41, 5.74) is 2.89. The van der Waals surface area contributed by atoms with Gasteiger partial charge in [0.1, 0.15) is 12.2 Å². The van der Waals surface area contributed by atoms with E-state index >= 15 is 0 Å². The third-order valence-corrected chi connectivity index (χ3v) is 10.6. The van der Waals surface area contributed by atoms with Crippen molar-refractivity contribution >= 4 is 29.1 Å². The maximum Gasteiger partial charge on any atom is 0.333 e. The SMILES string of the molecule is C=C(C)C(=O)OC1CC2CC1C1CC(OC(=O)CC3=CC4CC3CC4C(=O)Oc3c4c5oc3cc5C(O)O4)CC21. The van der Waals surface area contributed by atoms with Crippen LogP contribution in [0.15, 0.2) is 34.3 Å². The molecule has 3 heterocycles. The molecule has 0 spiro atoms. The largest absolute Gasteiger partial charge is 0.462 e. The fraction of sp³-hybridized carbons (Fsp3) is 0.581. The maximum atomic E-state index is 13.0. The first-order chi connectivity index (χ1) is 19.2. The lowest BCUT2D eigenvalue weighted by Crippen LogP contribution is -2.32. The molecular formula is C31H32O9. The minimum Gasteiger partial charge on any atom is -0.462 e. The molecular weight excluding hydrogens is 516 g/mol. The van der Waals surface area contributed by atoms with Gasteiger partial charge in [0.2, 0.25) is 17.8 Å². The molecule has 10 atom stereocenters. The molecule has 0 saturated heterocycles. The van der Waals surface area contributed by atoms with Crippen LogP contribution in [0.3, 0.4) is 0 Å². The molecule has 1 N–H and O–H groups in total. The predicted molar refractivity (Wildman–Crippen MR) is 138 cm³/mol. The number of rotatable bonds is 7. The van der Waals surface area contributed by atoms with Gasteiger partial charge >= 0.3 is 17.9 Å². The van der Waals surface area contributed by atoms with E-state index in [0.29, 0.717) is 58.1 Å². The lowest BCUT2D eigenvalue weighted by atomic mass is 9.80. The molecule has 9 heteroatoms. The van der Waals surface area contributed by atoms with E-state index in [4.69, 9.17) is 23.4 Å². The van der Waals surface area contributed by atoms with Gasteiger partial charge in [0, 0.05) is 5.57 Å². The topological polar surface area (TPSA) is 122 Å². The van der Waals surface area contributed by atoms with E-state index in [2.05, 4.69) is 12.7 Å². The van der Waals surface area contributed by atoms with Crippen LogP contribution in [0, 0.1) is 41.4 Å². The Hall–Kier alpha value is -3.33. The van der Waals surface area contributed by atoms with Gasteiger partial charge in [0.15, 0.2) is 11.2 Å². The molecule has 4 saturated carbocycles. The number of fused-ring (bicyclic) bond motifs is 8. The van der Waals surface area contributed by atoms with E-state index in [1.807, 2.05) is 0 Å². The third-order valence-electron chi connectivity index (χ3n) is 10.6. The lowest BCUT2D eigenvalue weighted by molar-refractivity contribution is -0.148. The average Bonchev–Trinajstić information content (AvgIpc) is 3.74. The Labute approximate surface area is 230 Å². The smallest absolute Gasteiger partial charge is 0.333 e. The number of hydrogen-bond donors (Lipinski definition) is 1. The van der Waals surface area contributed by atoms with Crippen LogP contribution in [0.4, 0.5) is 0 Å². The second-order valence-corrected chi connectivity index (χ2v) is 12.8.